The molecule has 132 valence electrons. The number of benzene rings is 1. The van der Waals surface area contributed by atoms with Gasteiger partial charge >= 0.3 is 0 Å². The zero-order valence-corrected chi connectivity index (χ0v) is 14.6. The average molecular weight is 334 g/mol. The number of halogens is 1. The molecule has 5 heteroatoms. The maximum absolute atomic E-state index is 13.6. The number of rotatable bonds is 6. The van der Waals surface area contributed by atoms with E-state index < -0.39 is 0 Å². The Labute approximate surface area is 143 Å². The fraction of sp³-hybridized carbons (Fsp3) is 0.579. The molecular weight excluding hydrogens is 307 g/mol. The second kappa shape index (κ2) is 8.81. The van der Waals surface area contributed by atoms with E-state index >= 15 is 0 Å². The Balaban J connectivity index is 1.76. The number of piperidine rings is 1. The molecule has 1 saturated heterocycles. The normalized spacial score (nSPS) is 16.7. The summed E-state index contributed by atoms with van der Waals surface area (Å²) in [5.74, 6) is 0.304. The van der Waals surface area contributed by atoms with Gasteiger partial charge in [-0.25, -0.2) is 4.39 Å². The van der Waals surface area contributed by atoms with Crippen LogP contribution in [0.5, 0.6) is 0 Å². The minimum atomic E-state index is -0.198. The van der Waals surface area contributed by atoms with Gasteiger partial charge in [-0.2, -0.15) is 0 Å². The van der Waals surface area contributed by atoms with Crippen LogP contribution in [0.3, 0.4) is 0 Å². The Morgan fingerprint density at radius 2 is 1.96 bits per heavy atom. The van der Waals surface area contributed by atoms with Crippen LogP contribution in [-0.2, 0) is 16.0 Å². The van der Waals surface area contributed by atoms with Crippen molar-refractivity contribution in [2.24, 2.45) is 11.8 Å². The van der Waals surface area contributed by atoms with Crippen molar-refractivity contribution >= 4 is 11.8 Å². The largest absolute Gasteiger partial charge is 0.356 e. The standard InChI is InChI=1S/C19H27FN2O2/c1-14(7-8-17-5-3-4-6-18(17)20)19(24)22-11-9-16(10-12-22)13-21-15(2)23/h3-6,14,16H,7-13H2,1-2H3,(H,21,23)/t14-/m0/s1. The van der Waals surface area contributed by atoms with Crippen LogP contribution in [0.25, 0.3) is 0 Å². The first-order valence-corrected chi connectivity index (χ1v) is 8.74. The minimum Gasteiger partial charge on any atom is -0.356 e. The van der Waals surface area contributed by atoms with Gasteiger partial charge in [-0.05, 0) is 43.2 Å². The van der Waals surface area contributed by atoms with Crippen LogP contribution in [0.1, 0.15) is 38.7 Å². The summed E-state index contributed by atoms with van der Waals surface area (Å²) in [7, 11) is 0. The third kappa shape index (κ3) is 5.32. The maximum atomic E-state index is 13.6. The van der Waals surface area contributed by atoms with Gasteiger partial charge in [0.1, 0.15) is 5.82 Å². The number of aryl methyl sites for hydroxylation is 1. The van der Waals surface area contributed by atoms with E-state index in [0.717, 1.165) is 25.9 Å². The smallest absolute Gasteiger partial charge is 0.225 e. The molecule has 2 amide bonds. The summed E-state index contributed by atoms with van der Waals surface area (Å²) in [5.41, 5.74) is 0.672. The van der Waals surface area contributed by atoms with Crippen molar-refractivity contribution in [1.82, 2.24) is 10.2 Å². The molecule has 4 nitrogen and oxygen atoms in total. The highest BCUT2D eigenvalue weighted by molar-refractivity contribution is 5.78. The molecule has 2 rings (SSSR count). The number of hydrogen-bond acceptors (Lipinski definition) is 2. The van der Waals surface area contributed by atoms with Crippen LogP contribution < -0.4 is 5.32 Å². The molecule has 1 heterocycles. The lowest BCUT2D eigenvalue weighted by molar-refractivity contribution is -0.136. The maximum Gasteiger partial charge on any atom is 0.225 e. The van der Waals surface area contributed by atoms with Gasteiger partial charge < -0.3 is 10.2 Å². The van der Waals surface area contributed by atoms with E-state index in [1.165, 1.54) is 13.0 Å². The van der Waals surface area contributed by atoms with Crippen molar-refractivity contribution in [1.29, 1.82) is 0 Å². The van der Waals surface area contributed by atoms with E-state index in [1.807, 2.05) is 17.9 Å². The molecule has 24 heavy (non-hydrogen) atoms. The second-order valence-electron chi connectivity index (χ2n) is 6.74. The monoisotopic (exact) mass is 334 g/mol. The van der Waals surface area contributed by atoms with Gasteiger partial charge in [0.2, 0.25) is 11.8 Å². The van der Waals surface area contributed by atoms with Crippen molar-refractivity contribution in [3.8, 4) is 0 Å². The summed E-state index contributed by atoms with van der Waals surface area (Å²) in [5, 5.41) is 2.85. The predicted octanol–water partition coefficient (Wildman–Crippen LogP) is 2.77. The molecule has 1 aliphatic rings. The molecule has 0 radical (unpaired) electrons. The van der Waals surface area contributed by atoms with Gasteiger partial charge in [0, 0.05) is 32.5 Å². The Kier molecular flexibility index (Phi) is 6.76. The molecule has 1 aromatic carbocycles. The fourth-order valence-electron chi connectivity index (χ4n) is 3.15. The Bertz CT molecular complexity index is 568. The van der Waals surface area contributed by atoms with E-state index in [9.17, 15) is 14.0 Å². The van der Waals surface area contributed by atoms with Gasteiger partial charge in [-0.3, -0.25) is 9.59 Å². The number of nitrogens with zero attached hydrogens (tertiary/aromatic N) is 1. The van der Waals surface area contributed by atoms with Crippen molar-refractivity contribution in [3.05, 3.63) is 35.6 Å². The molecule has 0 aliphatic carbocycles. The average Bonchev–Trinajstić information content (AvgIpc) is 2.58. The first kappa shape index (κ1) is 18.4. The SMILES string of the molecule is CC(=O)NCC1CCN(C(=O)[C@@H](C)CCc2ccccc2F)CC1. The van der Waals surface area contributed by atoms with Gasteiger partial charge in [0.25, 0.3) is 0 Å². The number of carbonyl (C=O) groups is 2. The molecule has 0 aromatic heterocycles. The number of amides is 2. The van der Waals surface area contributed by atoms with E-state index in [1.54, 1.807) is 12.1 Å². The topological polar surface area (TPSA) is 49.4 Å². The van der Waals surface area contributed by atoms with E-state index in [4.69, 9.17) is 0 Å². The summed E-state index contributed by atoms with van der Waals surface area (Å²) in [6.07, 6.45) is 3.09. The van der Waals surface area contributed by atoms with Crippen LogP contribution in [0.15, 0.2) is 24.3 Å². The van der Waals surface area contributed by atoms with E-state index in [2.05, 4.69) is 5.32 Å². The summed E-state index contributed by atoms with van der Waals surface area (Å²) in [6.45, 7) is 5.63. The van der Waals surface area contributed by atoms with Crippen molar-refractivity contribution in [3.63, 3.8) is 0 Å². The van der Waals surface area contributed by atoms with Crippen LogP contribution >= 0.6 is 0 Å². The van der Waals surface area contributed by atoms with Gasteiger partial charge in [-0.15, -0.1) is 0 Å². The lowest BCUT2D eigenvalue weighted by atomic mass is 9.94. The number of hydrogen-bond donors (Lipinski definition) is 1. The molecule has 0 spiro atoms. The molecule has 0 saturated carbocycles. The van der Waals surface area contributed by atoms with Crippen molar-refractivity contribution in [2.45, 2.75) is 39.5 Å². The molecule has 0 bridgehead atoms. The minimum absolute atomic E-state index is 0.00438. The van der Waals surface area contributed by atoms with Crippen LogP contribution in [-0.4, -0.2) is 36.3 Å². The van der Waals surface area contributed by atoms with Gasteiger partial charge in [0.05, 0.1) is 0 Å². The summed E-state index contributed by atoms with van der Waals surface area (Å²) >= 11 is 0. The highest BCUT2D eigenvalue weighted by Crippen LogP contribution is 2.20. The quantitative estimate of drug-likeness (QED) is 0.870. The third-order valence-electron chi connectivity index (χ3n) is 4.79. The zero-order chi connectivity index (χ0) is 17.5. The molecule has 0 unspecified atom stereocenters. The molecule has 1 fully saturated rings. The molecule has 1 aromatic rings. The fourth-order valence-corrected chi connectivity index (χ4v) is 3.15. The molecule has 1 N–H and O–H groups in total. The van der Waals surface area contributed by atoms with Crippen molar-refractivity contribution in [2.75, 3.05) is 19.6 Å². The van der Waals surface area contributed by atoms with Crippen molar-refractivity contribution < 1.29 is 14.0 Å². The van der Waals surface area contributed by atoms with Crippen LogP contribution in [0, 0.1) is 17.7 Å². The first-order chi connectivity index (χ1) is 11.5. The second-order valence-corrected chi connectivity index (χ2v) is 6.74. The van der Waals surface area contributed by atoms with Gasteiger partial charge in [-0.1, -0.05) is 25.1 Å². The summed E-state index contributed by atoms with van der Waals surface area (Å²) in [4.78, 5) is 25.4. The number of likely N-dealkylation sites (tertiary alicyclic amines) is 1. The summed E-state index contributed by atoms with van der Waals surface area (Å²) < 4.78 is 13.6. The highest BCUT2D eigenvalue weighted by atomic mass is 19.1. The first-order valence-electron chi connectivity index (χ1n) is 8.74. The Morgan fingerprint density at radius 1 is 1.29 bits per heavy atom. The highest BCUT2D eigenvalue weighted by Gasteiger charge is 2.26. The van der Waals surface area contributed by atoms with E-state index in [-0.39, 0.29) is 23.5 Å². The predicted molar refractivity (Wildman–Crippen MR) is 91.9 cm³/mol. The van der Waals surface area contributed by atoms with Crippen LogP contribution in [0.2, 0.25) is 0 Å². The third-order valence-corrected chi connectivity index (χ3v) is 4.79. The number of nitrogens with one attached hydrogen (secondary N) is 1. The van der Waals surface area contributed by atoms with E-state index in [0.29, 0.717) is 30.9 Å². The molecular formula is C19H27FN2O2. The molecule has 1 atom stereocenters. The molecule has 1 aliphatic heterocycles. The zero-order valence-electron chi connectivity index (χ0n) is 14.6. The van der Waals surface area contributed by atoms with Gasteiger partial charge in [0.15, 0.2) is 0 Å². The number of carbonyl (C=O) groups excluding carboxylic acids is 2. The Hall–Kier alpha value is -1.91. The summed E-state index contributed by atoms with van der Waals surface area (Å²) in [6, 6.07) is 6.74. The van der Waals surface area contributed by atoms with Crippen LogP contribution in [0.4, 0.5) is 4.39 Å². The Morgan fingerprint density at radius 3 is 2.58 bits per heavy atom. The lowest BCUT2D eigenvalue weighted by Crippen LogP contribution is -2.43. The lowest BCUT2D eigenvalue weighted by Gasteiger charge is -2.33.